The summed E-state index contributed by atoms with van der Waals surface area (Å²) in [5.74, 6) is -8.06. The van der Waals surface area contributed by atoms with E-state index in [0.29, 0.717) is 51.6 Å². The number of carbonyl (C=O) groups excluding carboxylic acids is 16. The van der Waals surface area contributed by atoms with Gasteiger partial charge in [0.25, 0.3) is 12.9 Å². The molecule has 798 valence electrons. The molecule has 2 aromatic rings. The molecule has 0 saturated carbocycles. The normalized spacial score (nSPS) is 18.0. The van der Waals surface area contributed by atoms with Gasteiger partial charge in [-0.25, -0.2) is 9.59 Å². The second-order valence-corrected chi connectivity index (χ2v) is 39.8. The number of likely N-dealkylation sites (N-methyl/N-ethyl adjacent to an activating group) is 4. The molecule has 2 unspecified atom stereocenters. The summed E-state index contributed by atoms with van der Waals surface area (Å²) in [5.41, 5.74) is 12.9. The Morgan fingerprint density at radius 1 is 0.468 bits per heavy atom. The summed E-state index contributed by atoms with van der Waals surface area (Å²) in [6, 6.07) is 14.4. The van der Waals surface area contributed by atoms with Crippen molar-refractivity contribution < 1.29 is 115 Å². The number of methoxy groups -OCH3 is 4. The molecule has 2 saturated heterocycles. The summed E-state index contributed by atoms with van der Waals surface area (Å²) in [6.45, 7) is 32.0. The second kappa shape index (κ2) is 65.7. The van der Waals surface area contributed by atoms with Crippen LogP contribution in [0.25, 0.3) is 0 Å². The Hall–Kier alpha value is -9.56. The lowest BCUT2D eigenvalue weighted by molar-refractivity contribution is -0.149. The number of Topliss-reactive ketones (excluding diaryl/α,β-unsaturated/α-hetero) is 4. The Bertz CT molecular complexity index is 4180. The number of nitrogens with two attached hydrogens (primary N) is 2. The molecule has 141 heavy (non-hydrogen) atoms. The molecule has 2 aliphatic rings. The van der Waals surface area contributed by atoms with Crippen molar-refractivity contribution in [3.05, 3.63) is 71.8 Å². The molecule has 0 radical (unpaired) electrons. The van der Waals surface area contributed by atoms with Crippen LogP contribution in [0.15, 0.2) is 60.7 Å². The molecule has 2 fully saturated rings. The molecule has 9 N–H and O–H groups in total. The fourth-order valence-corrected chi connectivity index (χ4v) is 19.4. The Morgan fingerprint density at radius 2 is 0.830 bits per heavy atom. The van der Waals surface area contributed by atoms with Gasteiger partial charge < -0.3 is 84.1 Å². The van der Waals surface area contributed by atoms with Crippen LogP contribution in [0, 0.1) is 71.0 Å². The first-order valence-electron chi connectivity index (χ1n) is 50.6. The first-order chi connectivity index (χ1) is 66.7. The fourth-order valence-electron chi connectivity index (χ4n) is 19.4. The van der Waals surface area contributed by atoms with E-state index in [2.05, 4.69) is 36.1 Å². The number of nitrogens with zero attached hydrogens (tertiary/aromatic N) is 5. The lowest BCUT2D eigenvalue weighted by Crippen LogP contribution is -2.54. The smallest absolute Gasteiger partial charge is 0.328 e. The van der Waals surface area contributed by atoms with E-state index in [9.17, 15) is 76.7 Å². The van der Waals surface area contributed by atoms with E-state index in [1.165, 1.54) is 28.1 Å². The lowest BCUT2D eigenvalue weighted by Gasteiger charge is -2.41. The minimum atomic E-state index is -0.943. The molecular formula is C105H174N12O24. The van der Waals surface area contributed by atoms with Gasteiger partial charge in [0.05, 0.1) is 86.7 Å². The molecule has 0 aromatic heterocycles. The minimum absolute atomic E-state index is 0.0101. The average molecular weight is 1990 g/mol. The zero-order chi connectivity index (χ0) is 106. The van der Waals surface area contributed by atoms with E-state index in [-0.39, 0.29) is 222 Å². The summed E-state index contributed by atoms with van der Waals surface area (Å²) in [5, 5.41) is 13.9. The number of rotatable bonds is 68. The fraction of sp³-hybridized carbons (Fsp3) is 0.733. The van der Waals surface area contributed by atoms with E-state index in [4.69, 9.17) is 39.9 Å². The summed E-state index contributed by atoms with van der Waals surface area (Å²) in [7, 11) is 15.2. The van der Waals surface area contributed by atoms with Crippen molar-refractivity contribution in [2.45, 2.75) is 324 Å². The molecule has 2 heterocycles. The Balaban J connectivity index is 0.000000725. The predicted molar refractivity (Wildman–Crippen MR) is 536 cm³/mol. The van der Waals surface area contributed by atoms with Crippen molar-refractivity contribution in [3.8, 4) is 0 Å². The Morgan fingerprint density at radius 3 is 1.13 bits per heavy atom. The Labute approximate surface area is 838 Å². The second-order valence-electron chi connectivity index (χ2n) is 39.8. The van der Waals surface area contributed by atoms with Gasteiger partial charge in [0.15, 0.2) is 24.0 Å². The van der Waals surface area contributed by atoms with Crippen molar-refractivity contribution in [3.63, 3.8) is 0 Å². The van der Waals surface area contributed by atoms with E-state index >= 15 is 0 Å². The first-order valence-corrected chi connectivity index (χ1v) is 50.6. The Kier molecular flexibility index (Phi) is 58.5. The number of esters is 2. The molecular weight excluding hydrogens is 1810 g/mol. The summed E-state index contributed by atoms with van der Waals surface area (Å²) in [4.78, 5) is 220. The van der Waals surface area contributed by atoms with Gasteiger partial charge in [-0.2, -0.15) is 0 Å². The molecule has 0 bridgehead atoms. The predicted octanol–water partition coefficient (Wildman–Crippen LogP) is 8.33. The van der Waals surface area contributed by atoms with Crippen molar-refractivity contribution in [1.82, 2.24) is 51.1 Å². The van der Waals surface area contributed by atoms with Crippen LogP contribution in [-0.4, -0.2) is 308 Å². The molecule has 2 aromatic carbocycles. The molecule has 0 spiro atoms. The molecule has 4 rings (SSSR count). The number of ketones is 4. The average Bonchev–Trinajstić information content (AvgIpc) is 1.65. The SMILES string of the molecule is CC[C@H](C)[C@@H]([C@@H](CC(=O)N1CCC[C@H]1[C@H](OC)[C@@H](C)C(=O)C[C@@H](Cc1ccccc1)C(=O)NCCCOC(=O)[C@H](C)NC(=O)CCC(N)OC=O)OC)N(C)C(=O)[C@@H](CC(=O)[C@@H](NC)C(C)C)C(C)C.CC[C@H](C)[C@@H]([C@@H](CC(=O)N1CCC[C@H]1[C@H](OC)[C@@H](C)C(=O)C[C@@H](Cc1ccccc1)C(=O)NCCCOC(=O)[C@H](C)NC(=O)CCC(N)OC=O)OC)N(C)C(=O)[C@@H](CC(=O)[C@H](C(C)C)N(C)C)C(C)C. The zero-order valence-corrected chi connectivity index (χ0v) is 89.0. The number of benzene rings is 2. The van der Waals surface area contributed by atoms with Gasteiger partial charge in [0.2, 0.25) is 47.3 Å². The molecule has 22 atom stereocenters. The van der Waals surface area contributed by atoms with Crippen LogP contribution >= 0.6 is 0 Å². The quantitative estimate of drug-likeness (QED) is 0.0107. The van der Waals surface area contributed by atoms with Crippen LogP contribution < -0.4 is 38.1 Å². The highest BCUT2D eigenvalue weighted by molar-refractivity contribution is 5.93. The monoisotopic (exact) mass is 1990 g/mol. The molecule has 2 aliphatic heterocycles. The molecule has 8 amide bonds. The van der Waals surface area contributed by atoms with Crippen LogP contribution in [0.5, 0.6) is 0 Å². The van der Waals surface area contributed by atoms with Crippen molar-refractivity contribution >= 4 is 95.3 Å². The number of hydrogen-bond donors (Lipinski definition) is 7. The standard InChI is InChI=1S/C53H88N6O12.C52H86N6O12/c1-14-35(6)49(58(11)52(66)40(33(2)3)30-43(62)48(34(4)5)57(9)10)44(68-12)31-47(64)59-26-18-22-41(59)50(69-13)36(7)42(61)29-39(28-38-20-16-15-17-21-38)51(65)55-25-19-27-70-53(67)37(8)56-46(63)24-23-45(54)71-32-60;1-13-34(6)48(57(10)51(65)39(32(2)3)29-42(61)47(54-9)33(4)5)43(67-11)30-46(63)58-25-17-21-40(58)49(68-12)35(7)41(60)28-38(27-37-19-15-14-16-20-37)50(64)55-24-18-26-69-52(66)36(8)56-45(62)23-22-44(53)70-31-59/h15-17,20-21,32-37,39-41,44-45,48-50H,14,18-19,22-31,54H2,1-13H3,(H,55,65)(H,56,63);14-16,19-20,31-36,38-40,43-44,47-49,54H,13,17-18,21-30,53H2,1-12H3,(H,55,64)(H,56,62)/t35-,36-,37-,39+,40-,41-,44+,45?,48-,49-,50+;34-,35-,36-,38+,39-,40-,43+,44?,47-,48-,49+/m00/s1. The third-order valence-corrected chi connectivity index (χ3v) is 27.9. The van der Waals surface area contributed by atoms with Crippen molar-refractivity contribution in [2.75, 3.05) is 103 Å². The summed E-state index contributed by atoms with van der Waals surface area (Å²) >= 11 is 0. The highest BCUT2D eigenvalue weighted by atomic mass is 16.6. The van der Waals surface area contributed by atoms with Gasteiger partial charge in [0.1, 0.15) is 23.7 Å². The topological polar surface area (TPSA) is 475 Å². The van der Waals surface area contributed by atoms with Gasteiger partial charge in [-0.05, 0) is 133 Å². The number of carbonyl (C=O) groups is 16. The maximum absolute atomic E-state index is 14.5. The summed E-state index contributed by atoms with van der Waals surface area (Å²) < 4.78 is 44.0. The minimum Gasteiger partial charge on any atom is -0.464 e. The largest absolute Gasteiger partial charge is 0.464 e. The highest BCUT2D eigenvalue weighted by Gasteiger charge is 2.47. The molecule has 0 aliphatic carbocycles. The van der Waals surface area contributed by atoms with Crippen LogP contribution in [0.1, 0.15) is 237 Å². The number of amides is 8. The van der Waals surface area contributed by atoms with E-state index in [1.54, 1.807) is 68.8 Å². The van der Waals surface area contributed by atoms with E-state index in [0.717, 1.165) is 24.0 Å². The lowest BCUT2D eigenvalue weighted by atomic mass is 9.83. The maximum atomic E-state index is 14.5. The number of ether oxygens (including phenoxy) is 8. The van der Waals surface area contributed by atoms with Crippen LogP contribution in [0.2, 0.25) is 0 Å². The zero-order valence-electron chi connectivity index (χ0n) is 89.0. The van der Waals surface area contributed by atoms with Gasteiger partial charge in [-0.15, -0.1) is 0 Å². The number of likely N-dealkylation sites (tertiary alicyclic amines) is 2. The van der Waals surface area contributed by atoms with E-state index < -0.39 is 132 Å². The van der Waals surface area contributed by atoms with E-state index in [1.807, 2.05) is 163 Å². The molecule has 36 heteroatoms. The third-order valence-electron chi connectivity index (χ3n) is 27.9. The van der Waals surface area contributed by atoms with Crippen LogP contribution in [0.4, 0.5) is 0 Å². The van der Waals surface area contributed by atoms with Crippen molar-refractivity contribution in [1.29, 1.82) is 0 Å². The van der Waals surface area contributed by atoms with Gasteiger partial charge in [-0.3, -0.25) is 83.5 Å². The maximum Gasteiger partial charge on any atom is 0.328 e. The third kappa shape index (κ3) is 41.2. The van der Waals surface area contributed by atoms with Crippen LogP contribution in [0.3, 0.4) is 0 Å². The van der Waals surface area contributed by atoms with Gasteiger partial charge in [0, 0.05) is 156 Å². The molecule has 36 nitrogen and oxygen atoms in total. The summed E-state index contributed by atoms with van der Waals surface area (Å²) in [6.07, 6.45) is 0.753. The first kappa shape index (κ1) is 126. The van der Waals surface area contributed by atoms with Gasteiger partial charge >= 0.3 is 11.9 Å². The highest BCUT2D eigenvalue weighted by Crippen LogP contribution is 2.36. The van der Waals surface area contributed by atoms with Crippen LogP contribution in [-0.2, 0) is 127 Å². The number of hydrogen-bond acceptors (Lipinski definition) is 28. The number of nitrogens with one attached hydrogen (secondary N) is 5. The van der Waals surface area contributed by atoms with Gasteiger partial charge in [-0.1, -0.05) is 170 Å². The van der Waals surface area contributed by atoms with Crippen molar-refractivity contribution in [2.24, 2.45) is 82.5 Å².